The number of ether oxygens (including phenoxy) is 1. The SMILES string of the molecule is O=C(COc1cc(C(F)(F)F)nn1-c1ccccc1Cl)NCc1ccc(F)cc1. The summed E-state index contributed by atoms with van der Waals surface area (Å²) in [5.41, 5.74) is -0.356. The highest BCUT2D eigenvalue weighted by molar-refractivity contribution is 6.32. The fourth-order valence-corrected chi connectivity index (χ4v) is 2.61. The molecule has 0 radical (unpaired) electrons. The Hall–Kier alpha value is -3.07. The minimum Gasteiger partial charge on any atom is -0.467 e. The predicted molar refractivity (Wildman–Crippen MR) is 97.3 cm³/mol. The van der Waals surface area contributed by atoms with Gasteiger partial charge in [0.05, 0.1) is 10.7 Å². The van der Waals surface area contributed by atoms with Gasteiger partial charge >= 0.3 is 6.18 Å². The van der Waals surface area contributed by atoms with Gasteiger partial charge in [-0.25, -0.2) is 4.39 Å². The van der Waals surface area contributed by atoms with E-state index in [4.69, 9.17) is 16.3 Å². The number of carbonyl (C=O) groups excluding carboxylic acids is 1. The number of rotatable bonds is 6. The van der Waals surface area contributed by atoms with Gasteiger partial charge in [-0.3, -0.25) is 4.79 Å². The number of benzene rings is 2. The van der Waals surface area contributed by atoms with Crippen LogP contribution in [0.15, 0.2) is 54.6 Å². The zero-order valence-electron chi connectivity index (χ0n) is 14.7. The highest BCUT2D eigenvalue weighted by atomic mass is 35.5. The van der Waals surface area contributed by atoms with Crippen molar-refractivity contribution >= 4 is 17.5 Å². The van der Waals surface area contributed by atoms with Crippen molar-refractivity contribution in [3.05, 3.63) is 76.7 Å². The quantitative estimate of drug-likeness (QED) is 0.594. The van der Waals surface area contributed by atoms with Crippen LogP contribution in [0.5, 0.6) is 5.88 Å². The molecule has 0 saturated heterocycles. The van der Waals surface area contributed by atoms with E-state index >= 15 is 0 Å². The average molecular weight is 428 g/mol. The standard InChI is InChI=1S/C19H14ClF4N3O2/c20-14-3-1-2-4-15(14)27-18(9-16(26-27)19(22,23)24)29-11-17(28)25-10-12-5-7-13(21)8-6-12/h1-9H,10-11H2,(H,25,28). The summed E-state index contributed by atoms with van der Waals surface area (Å²) in [5, 5.41) is 6.20. The second-order valence-corrected chi connectivity index (χ2v) is 6.33. The summed E-state index contributed by atoms with van der Waals surface area (Å²) in [4.78, 5) is 12.0. The number of amides is 1. The second-order valence-electron chi connectivity index (χ2n) is 5.92. The first-order valence-corrected chi connectivity index (χ1v) is 8.68. The van der Waals surface area contributed by atoms with Crippen molar-refractivity contribution in [3.8, 4) is 11.6 Å². The molecule has 2 aromatic carbocycles. The first kappa shape index (κ1) is 20.7. The third-order valence-corrected chi connectivity index (χ3v) is 4.12. The molecule has 0 aliphatic carbocycles. The zero-order valence-corrected chi connectivity index (χ0v) is 15.5. The van der Waals surface area contributed by atoms with Crippen LogP contribution in [0.4, 0.5) is 17.6 Å². The minimum absolute atomic E-state index is 0.111. The number of aromatic nitrogens is 2. The van der Waals surface area contributed by atoms with Crippen molar-refractivity contribution in [2.24, 2.45) is 0 Å². The van der Waals surface area contributed by atoms with Gasteiger partial charge in [-0.05, 0) is 29.8 Å². The molecule has 5 nitrogen and oxygen atoms in total. The molecule has 0 bridgehead atoms. The van der Waals surface area contributed by atoms with Gasteiger partial charge < -0.3 is 10.1 Å². The molecule has 29 heavy (non-hydrogen) atoms. The number of alkyl halides is 3. The first-order chi connectivity index (χ1) is 13.7. The summed E-state index contributed by atoms with van der Waals surface area (Å²) in [5.74, 6) is -1.27. The van der Waals surface area contributed by atoms with Crippen LogP contribution >= 0.6 is 11.6 Å². The van der Waals surface area contributed by atoms with Crippen molar-refractivity contribution in [2.75, 3.05) is 6.61 Å². The molecule has 1 N–H and O–H groups in total. The van der Waals surface area contributed by atoms with Crippen molar-refractivity contribution in [2.45, 2.75) is 12.7 Å². The number of para-hydroxylation sites is 1. The van der Waals surface area contributed by atoms with E-state index in [0.717, 1.165) is 4.68 Å². The number of hydrogen-bond acceptors (Lipinski definition) is 3. The molecule has 1 aromatic heterocycles. The normalized spacial score (nSPS) is 11.3. The summed E-state index contributed by atoms with van der Waals surface area (Å²) >= 11 is 6.04. The number of nitrogens with one attached hydrogen (secondary N) is 1. The van der Waals surface area contributed by atoms with E-state index in [9.17, 15) is 22.4 Å². The van der Waals surface area contributed by atoms with Gasteiger partial charge in [0.25, 0.3) is 5.91 Å². The summed E-state index contributed by atoms with van der Waals surface area (Å²) in [6.07, 6.45) is -4.70. The molecule has 10 heteroatoms. The Morgan fingerprint density at radius 1 is 1.14 bits per heavy atom. The lowest BCUT2D eigenvalue weighted by atomic mass is 10.2. The molecule has 1 heterocycles. The molecular weight excluding hydrogens is 414 g/mol. The first-order valence-electron chi connectivity index (χ1n) is 8.30. The lowest BCUT2D eigenvalue weighted by Crippen LogP contribution is -2.28. The fourth-order valence-electron chi connectivity index (χ4n) is 2.39. The molecule has 0 saturated carbocycles. The molecule has 0 unspecified atom stereocenters. The number of nitrogens with zero attached hydrogens (tertiary/aromatic N) is 2. The lowest BCUT2D eigenvalue weighted by Gasteiger charge is -2.10. The number of halogens is 5. The third kappa shape index (κ3) is 5.26. The summed E-state index contributed by atoms with van der Waals surface area (Å²) in [6, 6.07) is 12.3. The van der Waals surface area contributed by atoms with Crippen molar-refractivity contribution in [1.82, 2.24) is 15.1 Å². The van der Waals surface area contributed by atoms with Crippen molar-refractivity contribution in [1.29, 1.82) is 0 Å². The van der Waals surface area contributed by atoms with Crippen LogP contribution in [-0.4, -0.2) is 22.3 Å². The maximum atomic E-state index is 13.1. The van der Waals surface area contributed by atoms with Crippen LogP contribution in [0.1, 0.15) is 11.3 Å². The Morgan fingerprint density at radius 3 is 2.48 bits per heavy atom. The van der Waals surface area contributed by atoms with Gasteiger partial charge in [0.2, 0.25) is 5.88 Å². The van der Waals surface area contributed by atoms with E-state index in [1.807, 2.05) is 0 Å². The molecule has 152 valence electrons. The van der Waals surface area contributed by atoms with Crippen LogP contribution in [0.2, 0.25) is 5.02 Å². The Morgan fingerprint density at radius 2 is 1.83 bits per heavy atom. The largest absolute Gasteiger partial charge is 0.467 e. The fraction of sp³-hybridized carbons (Fsp3) is 0.158. The van der Waals surface area contributed by atoms with Gasteiger partial charge in [0.15, 0.2) is 12.3 Å². The van der Waals surface area contributed by atoms with Gasteiger partial charge in [0.1, 0.15) is 5.82 Å². The molecule has 1 amide bonds. The van der Waals surface area contributed by atoms with E-state index in [2.05, 4.69) is 10.4 Å². The van der Waals surface area contributed by atoms with Gasteiger partial charge in [0, 0.05) is 12.6 Å². The predicted octanol–water partition coefficient (Wildman–Crippen LogP) is 4.38. The van der Waals surface area contributed by atoms with Gasteiger partial charge in [-0.1, -0.05) is 35.9 Å². The molecule has 0 atom stereocenters. The van der Waals surface area contributed by atoms with Gasteiger partial charge in [-0.15, -0.1) is 0 Å². The highest BCUT2D eigenvalue weighted by Crippen LogP contribution is 2.33. The van der Waals surface area contributed by atoms with Gasteiger partial charge in [-0.2, -0.15) is 23.0 Å². The van der Waals surface area contributed by atoms with E-state index in [0.29, 0.717) is 11.6 Å². The van der Waals surface area contributed by atoms with Crippen LogP contribution < -0.4 is 10.1 Å². The molecule has 0 fully saturated rings. The topological polar surface area (TPSA) is 56.1 Å². The maximum Gasteiger partial charge on any atom is 0.435 e. The molecular formula is C19H14ClF4N3O2. The lowest BCUT2D eigenvalue weighted by molar-refractivity contribution is -0.141. The number of carbonyl (C=O) groups is 1. The smallest absolute Gasteiger partial charge is 0.435 e. The molecule has 3 rings (SSSR count). The maximum absolute atomic E-state index is 13.1. The monoisotopic (exact) mass is 427 g/mol. The van der Waals surface area contributed by atoms with Crippen LogP contribution in [0.3, 0.4) is 0 Å². The van der Waals surface area contributed by atoms with E-state index in [1.54, 1.807) is 12.1 Å². The Labute approximate surface area is 167 Å². The molecule has 0 aliphatic heterocycles. The van der Waals surface area contributed by atoms with E-state index in [1.165, 1.54) is 36.4 Å². The Balaban J connectivity index is 1.72. The zero-order chi connectivity index (χ0) is 21.0. The Kier molecular flexibility index (Phi) is 6.07. The minimum atomic E-state index is -4.70. The van der Waals surface area contributed by atoms with Crippen molar-refractivity contribution < 1.29 is 27.1 Å². The van der Waals surface area contributed by atoms with E-state index < -0.39 is 30.2 Å². The summed E-state index contributed by atoms with van der Waals surface area (Å²) in [6.45, 7) is -0.436. The molecule has 0 spiro atoms. The second kappa shape index (κ2) is 8.52. The third-order valence-electron chi connectivity index (χ3n) is 3.80. The number of hydrogen-bond donors (Lipinski definition) is 1. The highest BCUT2D eigenvalue weighted by Gasteiger charge is 2.35. The van der Waals surface area contributed by atoms with Crippen LogP contribution in [-0.2, 0) is 17.5 Å². The van der Waals surface area contributed by atoms with Crippen molar-refractivity contribution in [3.63, 3.8) is 0 Å². The molecule has 3 aromatic rings. The van der Waals surface area contributed by atoms with E-state index in [-0.39, 0.29) is 23.1 Å². The van der Waals surface area contributed by atoms with Crippen LogP contribution in [0.25, 0.3) is 5.69 Å². The molecule has 0 aliphatic rings. The van der Waals surface area contributed by atoms with Crippen LogP contribution in [0, 0.1) is 5.82 Å². The Bertz CT molecular complexity index is 1000. The summed E-state index contributed by atoms with van der Waals surface area (Å²) < 4.78 is 58.2. The average Bonchev–Trinajstić information content (AvgIpc) is 3.11. The summed E-state index contributed by atoms with van der Waals surface area (Å²) in [7, 11) is 0.